The first kappa shape index (κ1) is 15.8. The normalized spacial score (nSPS) is 17.8. The second-order valence-corrected chi connectivity index (χ2v) is 6.85. The lowest BCUT2D eigenvalue weighted by Crippen LogP contribution is -2.41. The van der Waals surface area contributed by atoms with E-state index < -0.39 is 0 Å². The van der Waals surface area contributed by atoms with Gasteiger partial charge in [-0.25, -0.2) is 0 Å². The van der Waals surface area contributed by atoms with E-state index in [-0.39, 0.29) is 17.9 Å². The molecule has 1 aliphatic carbocycles. The van der Waals surface area contributed by atoms with Gasteiger partial charge in [0.2, 0.25) is 0 Å². The minimum atomic E-state index is -0.180. The van der Waals surface area contributed by atoms with Crippen molar-refractivity contribution in [3.05, 3.63) is 33.3 Å². The summed E-state index contributed by atoms with van der Waals surface area (Å²) in [6.45, 7) is 0.635. The van der Waals surface area contributed by atoms with Gasteiger partial charge in [-0.05, 0) is 31.0 Å². The Bertz CT molecular complexity index is 487. The fourth-order valence-electron chi connectivity index (χ4n) is 2.73. The van der Waals surface area contributed by atoms with E-state index >= 15 is 0 Å². The number of rotatable bonds is 4. The molecule has 0 aromatic heterocycles. The van der Waals surface area contributed by atoms with E-state index in [9.17, 15) is 9.90 Å². The molecule has 0 unspecified atom stereocenters. The number of hydrogen-bond acceptors (Lipinski definition) is 2. The van der Waals surface area contributed by atoms with Gasteiger partial charge in [0.1, 0.15) is 0 Å². The highest BCUT2D eigenvalue weighted by atomic mass is 79.9. The van der Waals surface area contributed by atoms with Gasteiger partial charge < -0.3 is 10.4 Å². The van der Waals surface area contributed by atoms with Crippen molar-refractivity contribution in [2.24, 2.45) is 5.41 Å². The van der Waals surface area contributed by atoms with Gasteiger partial charge in [-0.1, -0.05) is 46.8 Å². The summed E-state index contributed by atoms with van der Waals surface area (Å²) in [5.41, 5.74) is 0.314. The van der Waals surface area contributed by atoms with Gasteiger partial charge in [0.15, 0.2) is 0 Å². The smallest absolute Gasteiger partial charge is 0.252 e. The van der Waals surface area contributed by atoms with E-state index in [1.54, 1.807) is 18.2 Å². The molecule has 2 N–H and O–H groups in total. The predicted octanol–water partition coefficient (Wildman–Crippen LogP) is 3.78. The zero-order valence-corrected chi connectivity index (χ0v) is 13.6. The summed E-state index contributed by atoms with van der Waals surface area (Å²) in [6.07, 6.45) is 5.40. The highest BCUT2D eigenvalue weighted by Gasteiger charge is 2.31. The van der Waals surface area contributed by atoms with E-state index in [1.807, 2.05) is 0 Å². The number of amides is 1. The molecule has 1 fully saturated rings. The number of nitrogens with one attached hydrogen (secondary N) is 1. The first-order chi connectivity index (χ1) is 9.56. The minimum Gasteiger partial charge on any atom is -0.396 e. The van der Waals surface area contributed by atoms with Crippen molar-refractivity contribution >= 4 is 33.4 Å². The first-order valence-corrected chi connectivity index (χ1v) is 8.08. The fraction of sp³-hybridized carbons (Fsp3) is 0.533. The van der Waals surface area contributed by atoms with E-state index in [4.69, 9.17) is 11.6 Å². The molecule has 0 atom stereocenters. The standard InChI is InChI=1S/C15H19BrClNO2/c16-11-4-5-12(13(17)8-11)14(20)18-9-15(10-19)6-2-1-3-7-15/h4-5,8,19H,1-3,6-7,9-10H2,(H,18,20). The lowest BCUT2D eigenvalue weighted by atomic mass is 9.74. The molecule has 0 aliphatic heterocycles. The Morgan fingerprint density at radius 1 is 1.35 bits per heavy atom. The molecule has 1 amide bonds. The zero-order valence-electron chi connectivity index (χ0n) is 11.3. The van der Waals surface area contributed by atoms with Gasteiger partial charge in [0.25, 0.3) is 5.91 Å². The van der Waals surface area contributed by atoms with Crippen LogP contribution in [0.2, 0.25) is 5.02 Å². The molecule has 20 heavy (non-hydrogen) atoms. The van der Waals surface area contributed by atoms with Gasteiger partial charge in [0, 0.05) is 16.4 Å². The summed E-state index contributed by atoms with van der Waals surface area (Å²) in [4.78, 5) is 12.2. The Morgan fingerprint density at radius 2 is 2.05 bits per heavy atom. The maximum atomic E-state index is 12.2. The van der Waals surface area contributed by atoms with Gasteiger partial charge >= 0.3 is 0 Å². The average Bonchev–Trinajstić information content (AvgIpc) is 2.46. The summed E-state index contributed by atoms with van der Waals surface area (Å²) in [6, 6.07) is 5.20. The monoisotopic (exact) mass is 359 g/mol. The maximum Gasteiger partial charge on any atom is 0.252 e. The lowest BCUT2D eigenvalue weighted by molar-refractivity contribution is 0.0718. The van der Waals surface area contributed by atoms with Gasteiger partial charge in [0.05, 0.1) is 17.2 Å². The number of halogens is 2. The van der Waals surface area contributed by atoms with Crippen LogP contribution in [0.1, 0.15) is 42.5 Å². The Kier molecular flexibility index (Phi) is 5.47. The molecule has 3 nitrogen and oxygen atoms in total. The Morgan fingerprint density at radius 3 is 2.65 bits per heavy atom. The molecular formula is C15H19BrClNO2. The van der Waals surface area contributed by atoms with Crippen molar-refractivity contribution in [1.82, 2.24) is 5.32 Å². The minimum absolute atomic E-state index is 0.126. The second-order valence-electron chi connectivity index (χ2n) is 5.53. The predicted molar refractivity (Wildman–Crippen MR) is 84.1 cm³/mol. The van der Waals surface area contributed by atoms with Crippen molar-refractivity contribution in [3.8, 4) is 0 Å². The fourth-order valence-corrected chi connectivity index (χ4v) is 3.49. The molecule has 0 saturated heterocycles. The number of benzene rings is 1. The molecule has 1 aliphatic rings. The molecule has 0 spiro atoms. The number of aliphatic hydroxyl groups is 1. The van der Waals surface area contributed by atoms with E-state index in [1.165, 1.54) is 6.42 Å². The molecule has 110 valence electrons. The summed E-state index contributed by atoms with van der Waals surface area (Å²) in [5.74, 6) is -0.180. The maximum absolute atomic E-state index is 12.2. The van der Waals surface area contributed by atoms with Crippen molar-refractivity contribution < 1.29 is 9.90 Å². The molecule has 1 saturated carbocycles. The molecule has 0 radical (unpaired) electrons. The molecule has 0 heterocycles. The third-order valence-electron chi connectivity index (χ3n) is 4.05. The highest BCUT2D eigenvalue weighted by Crippen LogP contribution is 2.35. The average molecular weight is 361 g/mol. The van der Waals surface area contributed by atoms with Crippen LogP contribution in [0.25, 0.3) is 0 Å². The topological polar surface area (TPSA) is 49.3 Å². The van der Waals surface area contributed by atoms with E-state index in [2.05, 4.69) is 21.2 Å². The molecule has 1 aromatic rings. The number of carbonyl (C=O) groups is 1. The van der Waals surface area contributed by atoms with Crippen LogP contribution in [0, 0.1) is 5.41 Å². The second kappa shape index (κ2) is 6.92. The number of hydrogen-bond donors (Lipinski definition) is 2. The molecular weight excluding hydrogens is 342 g/mol. The Hall–Kier alpha value is -0.580. The zero-order chi connectivity index (χ0) is 14.6. The Labute approximate surface area is 132 Å². The van der Waals surface area contributed by atoms with E-state index in [0.29, 0.717) is 17.1 Å². The van der Waals surface area contributed by atoms with E-state index in [0.717, 1.165) is 30.2 Å². The summed E-state index contributed by atoms with van der Waals surface area (Å²) >= 11 is 9.39. The van der Waals surface area contributed by atoms with Crippen molar-refractivity contribution in [2.75, 3.05) is 13.2 Å². The SMILES string of the molecule is O=C(NCC1(CO)CCCCC1)c1ccc(Br)cc1Cl. The number of carbonyl (C=O) groups excluding carboxylic acids is 1. The van der Waals surface area contributed by atoms with Crippen LogP contribution in [0.15, 0.2) is 22.7 Å². The Balaban J connectivity index is 2.00. The van der Waals surface area contributed by atoms with Crippen LogP contribution in [-0.2, 0) is 0 Å². The lowest BCUT2D eigenvalue weighted by Gasteiger charge is -2.35. The number of aliphatic hydroxyl groups excluding tert-OH is 1. The summed E-state index contributed by atoms with van der Waals surface area (Å²) < 4.78 is 0.846. The highest BCUT2D eigenvalue weighted by molar-refractivity contribution is 9.10. The van der Waals surface area contributed by atoms with Crippen molar-refractivity contribution in [1.29, 1.82) is 0 Å². The largest absolute Gasteiger partial charge is 0.396 e. The van der Waals surface area contributed by atoms with Crippen molar-refractivity contribution in [2.45, 2.75) is 32.1 Å². The molecule has 5 heteroatoms. The summed E-state index contributed by atoms with van der Waals surface area (Å²) in [7, 11) is 0. The van der Waals surface area contributed by atoms with Crippen LogP contribution in [0.4, 0.5) is 0 Å². The molecule has 2 rings (SSSR count). The first-order valence-electron chi connectivity index (χ1n) is 6.90. The van der Waals surface area contributed by atoms with Gasteiger partial charge in [-0.15, -0.1) is 0 Å². The quantitative estimate of drug-likeness (QED) is 0.858. The summed E-state index contributed by atoms with van der Waals surface area (Å²) in [5, 5.41) is 13.0. The van der Waals surface area contributed by atoms with Crippen LogP contribution in [0.5, 0.6) is 0 Å². The van der Waals surface area contributed by atoms with Crippen LogP contribution in [-0.4, -0.2) is 24.2 Å². The molecule has 1 aromatic carbocycles. The van der Waals surface area contributed by atoms with Crippen LogP contribution in [0.3, 0.4) is 0 Å². The van der Waals surface area contributed by atoms with Gasteiger partial charge in [-0.3, -0.25) is 4.79 Å². The van der Waals surface area contributed by atoms with Gasteiger partial charge in [-0.2, -0.15) is 0 Å². The third-order valence-corrected chi connectivity index (χ3v) is 4.86. The van der Waals surface area contributed by atoms with Crippen LogP contribution < -0.4 is 5.32 Å². The third kappa shape index (κ3) is 3.74. The van der Waals surface area contributed by atoms with Crippen LogP contribution >= 0.6 is 27.5 Å². The molecule has 0 bridgehead atoms. The van der Waals surface area contributed by atoms with Crippen molar-refractivity contribution in [3.63, 3.8) is 0 Å².